The molecule has 0 saturated heterocycles. The zero-order valence-corrected chi connectivity index (χ0v) is 16.3. The van der Waals surface area contributed by atoms with Gasteiger partial charge in [-0.2, -0.15) is 0 Å². The molecule has 1 atom stereocenters. The van der Waals surface area contributed by atoms with E-state index in [-0.39, 0.29) is 0 Å². The maximum atomic E-state index is 5.86. The van der Waals surface area contributed by atoms with Crippen LogP contribution in [-0.2, 0) is 0 Å². The molecule has 1 aromatic rings. The third-order valence-electron chi connectivity index (χ3n) is 4.63. The normalized spacial score (nSPS) is 12.3. The molecule has 1 aromatic carbocycles. The summed E-state index contributed by atoms with van der Waals surface area (Å²) in [5.74, 6) is 1.01. The molecule has 0 amide bonds. The second-order valence-electron chi connectivity index (χ2n) is 6.81. The summed E-state index contributed by atoms with van der Waals surface area (Å²) in [6.45, 7) is 8.73. The van der Waals surface area contributed by atoms with Crippen molar-refractivity contribution in [3.05, 3.63) is 29.8 Å². The first kappa shape index (κ1) is 21.0. The van der Waals surface area contributed by atoms with E-state index in [0.717, 1.165) is 25.3 Å². The zero-order chi connectivity index (χ0) is 17.5. The van der Waals surface area contributed by atoms with Crippen LogP contribution < -0.4 is 10.1 Å². The Morgan fingerprint density at radius 3 is 2.04 bits per heavy atom. The molecular formula is C22H39NO. The molecule has 0 radical (unpaired) electrons. The topological polar surface area (TPSA) is 21.3 Å². The minimum Gasteiger partial charge on any atom is -0.494 e. The molecule has 138 valence electrons. The largest absolute Gasteiger partial charge is 0.494 e. The van der Waals surface area contributed by atoms with Crippen molar-refractivity contribution < 1.29 is 4.74 Å². The van der Waals surface area contributed by atoms with Crippen molar-refractivity contribution in [3.63, 3.8) is 0 Å². The monoisotopic (exact) mass is 333 g/mol. The minimum atomic E-state index is 0.467. The van der Waals surface area contributed by atoms with Crippen LogP contribution in [0.3, 0.4) is 0 Å². The Balaban J connectivity index is 2.27. The number of ether oxygens (including phenoxy) is 1. The highest BCUT2D eigenvalue weighted by atomic mass is 16.5. The van der Waals surface area contributed by atoms with Crippen LogP contribution in [0.5, 0.6) is 5.75 Å². The lowest BCUT2D eigenvalue weighted by Gasteiger charge is -2.18. The van der Waals surface area contributed by atoms with Crippen molar-refractivity contribution in [1.29, 1.82) is 0 Å². The van der Waals surface area contributed by atoms with Gasteiger partial charge in [0.2, 0.25) is 0 Å². The van der Waals surface area contributed by atoms with E-state index in [2.05, 4.69) is 50.4 Å². The molecule has 0 aromatic heterocycles. The Labute approximate surface area is 150 Å². The maximum absolute atomic E-state index is 5.86. The van der Waals surface area contributed by atoms with E-state index in [9.17, 15) is 0 Å². The van der Waals surface area contributed by atoms with Gasteiger partial charge < -0.3 is 10.1 Å². The highest BCUT2D eigenvalue weighted by molar-refractivity contribution is 5.29. The fourth-order valence-corrected chi connectivity index (χ4v) is 3.02. The van der Waals surface area contributed by atoms with Crippen LogP contribution >= 0.6 is 0 Å². The lowest BCUT2D eigenvalue weighted by molar-refractivity contribution is 0.304. The molecule has 0 aliphatic carbocycles. The van der Waals surface area contributed by atoms with Gasteiger partial charge in [0.05, 0.1) is 6.61 Å². The van der Waals surface area contributed by atoms with E-state index in [1.54, 1.807) is 0 Å². The predicted molar refractivity (Wildman–Crippen MR) is 106 cm³/mol. The van der Waals surface area contributed by atoms with Gasteiger partial charge in [0.25, 0.3) is 0 Å². The van der Waals surface area contributed by atoms with Crippen molar-refractivity contribution >= 4 is 0 Å². The third-order valence-corrected chi connectivity index (χ3v) is 4.63. The molecule has 0 heterocycles. The van der Waals surface area contributed by atoms with Crippen LogP contribution in [0, 0.1) is 0 Å². The van der Waals surface area contributed by atoms with Gasteiger partial charge in [-0.15, -0.1) is 0 Å². The number of unbranched alkanes of at least 4 members (excludes halogenated alkanes) is 7. The third kappa shape index (κ3) is 9.32. The Kier molecular flexibility index (Phi) is 12.6. The number of nitrogens with one attached hydrogen (secondary N) is 1. The molecule has 0 bridgehead atoms. The van der Waals surface area contributed by atoms with Gasteiger partial charge in [-0.25, -0.2) is 0 Å². The first-order valence-electron chi connectivity index (χ1n) is 10.3. The first-order chi connectivity index (χ1) is 11.8. The van der Waals surface area contributed by atoms with Crippen molar-refractivity contribution in [3.8, 4) is 5.75 Å². The van der Waals surface area contributed by atoms with Gasteiger partial charge >= 0.3 is 0 Å². The molecule has 1 unspecified atom stereocenters. The van der Waals surface area contributed by atoms with E-state index in [4.69, 9.17) is 4.74 Å². The molecule has 0 saturated carbocycles. The van der Waals surface area contributed by atoms with Crippen LogP contribution in [0.2, 0.25) is 0 Å². The van der Waals surface area contributed by atoms with E-state index >= 15 is 0 Å². The van der Waals surface area contributed by atoms with E-state index in [1.807, 2.05) is 0 Å². The molecule has 24 heavy (non-hydrogen) atoms. The lowest BCUT2D eigenvalue weighted by atomic mass is 10.0. The molecule has 0 aliphatic rings. The second-order valence-corrected chi connectivity index (χ2v) is 6.81. The smallest absolute Gasteiger partial charge is 0.119 e. The average Bonchev–Trinajstić information content (AvgIpc) is 2.62. The maximum Gasteiger partial charge on any atom is 0.119 e. The van der Waals surface area contributed by atoms with Gasteiger partial charge in [-0.1, -0.05) is 77.8 Å². The highest BCUT2D eigenvalue weighted by Gasteiger charge is 2.08. The second kappa shape index (κ2) is 14.3. The summed E-state index contributed by atoms with van der Waals surface area (Å²) in [7, 11) is 0. The fourth-order valence-electron chi connectivity index (χ4n) is 3.02. The van der Waals surface area contributed by atoms with Crippen molar-refractivity contribution in [2.75, 3.05) is 13.2 Å². The number of hydrogen-bond acceptors (Lipinski definition) is 2. The van der Waals surface area contributed by atoms with E-state index < -0.39 is 0 Å². The van der Waals surface area contributed by atoms with E-state index in [0.29, 0.717) is 6.04 Å². The van der Waals surface area contributed by atoms with Crippen LogP contribution in [0.4, 0.5) is 0 Å². The van der Waals surface area contributed by atoms with Crippen LogP contribution in [-0.4, -0.2) is 13.2 Å². The Morgan fingerprint density at radius 2 is 1.42 bits per heavy atom. The summed E-state index contributed by atoms with van der Waals surface area (Å²) in [5.41, 5.74) is 1.38. The van der Waals surface area contributed by atoms with E-state index in [1.165, 1.54) is 63.4 Å². The number of rotatable bonds is 15. The Bertz CT molecular complexity index is 387. The van der Waals surface area contributed by atoms with Gasteiger partial charge in [0.15, 0.2) is 0 Å². The summed E-state index contributed by atoms with van der Waals surface area (Å²) in [6, 6.07) is 9.17. The summed E-state index contributed by atoms with van der Waals surface area (Å²) in [6.07, 6.45) is 12.8. The van der Waals surface area contributed by atoms with Crippen LogP contribution in [0.1, 0.15) is 96.6 Å². The summed E-state index contributed by atoms with van der Waals surface area (Å²) in [5, 5.41) is 3.70. The van der Waals surface area contributed by atoms with Gasteiger partial charge in [0.1, 0.15) is 5.75 Å². The molecule has 0 fully saturated rings. The van der Waals surface area contributed by atoms with Crippen LogP contribution in [0.15, 0.2) is 24.3 Å². The van der Waals surface area contributed by atoms with Crippen LogP contribution in [0.25, 0.3) is 0 Å². The summed E-state index contributed by atoms with van der Waals surface area (Å²) >= 11 is 0. The SMILES string of the molecule is CCCCCCCOc1ccc(C(CC)NCCCCCC)cc1. The minimum absolute atomic E-state index is 0.467. The highest BCUT2D eigenvalue weighted by Crippen LogP contribution is 2.20. The molecule has 1 rings (SSSR count). The Hall–Kier alpha value is -1.02. The van der Waals surface area contributed by atoms with Crippen molar-refractivity contribution in [1.82, 2.24) is 5.32 Å². The van der Waals surface area contributed by atoms with Crippen molar-refractivity contribution in [2.45, 2.75) is 91.0 Å². The number of hydrogen-bond donors (Lipinski definition) is 1. The predicted octanol–water partition coefficient (Wildman–Crippen LogP) is 6.66. The number of benzene rings is 1. The summed E-state index contributed by atoms with van der Waals surface area (Å²) < 4.78 is 5.86. The molecule has 0 aliphatic heterocycles. The first-order valence-corrected chi connectivity index (χ1v) is 10.3. The molecule has 1 N–H and O–H groups in total. The quantitative estimate of drug-likeness (QED) is 0.362. The molecule has 2 heteroatoms. The van der Waals surface area contributed by atoms with Gasteiger partial charge in [0, 0.05) is 6.04 Å². The standard InChI is InChI=1S/C22H39NO/c1-4-7-9-11-13-19-24-21-16-14-20(15-17-21)22(6-3)23-18-12-10-8-5-2/h14-17,22-23H,4-13,18-19H2,1-3H3. The average molecular weight is 334 g/mol. The molecule has 0 spiro atoms. The fraction of sp³-hybridized carbons (Fsp3) is 0.727. The Morgan fingerprint density at radius 1 is 0.792 bits per heavy atom. The zero-order valence-electron chi connectivity index (χ0n) is 16.3. The van der Waals surface area contributed by atoms with Gasteiger partial charge in [-0.3, -0.25) is 0 Å². The van der Waals surface area contributed by atoms with Gasteiger partial charge in [-0.05, 0) is 43.5 Å². The molecule has 2 nitrogen and oxygen atoms in total. The molecular weight excluding hydrogens is 294 g/mol. The lowest BCUT2D eigenvalue weighted by Crippen LogP contribution is -2.21. The van der Waals surface area contributed by atoms with Crippen molar-refractivity contribution in [2.24, 2.45) is 0 Å². The summed E-state index contributed by atoms with van der Waals surface area (Å²) in [4.78, 5) is 0.